The van der Waals surface area contributed by atoms with Crippen LogP contribution in [0.2, 0.25) is 5.15 Å². The third-order valence-corrected chi connectivity index (χ3v) is 4.07. The highest BCUT2D eigenvalue weighted by Gasteiger charge is 2.17. The smallest absolute Gasteiger partial charge is 0.241 e. The second kappa shape index (κ2) is 5.40. The van der Waals surface area contributed by atoms with Crippen molar-refractivity contribution in [3.05, 3.63) is 17.3 Å². The number of nitrogens with two attached hydrogens (primary N) is 1. The fraction of sp³-hybridized carbons (Fsp3) is 0.500. The van der Waals surface area contributed by atoms with Crippen LogP contribution in [0, 0.1) is 5.92 Å². The summed E-state index contributed by atoms with van der Waals surface area (Å²) in [5.74, 6) is 0.753. The summed E-state index contributed by atoms with van der Waals surface area (Å²) in [7, 11) is -3.84. The van der Waals surface area contributed by atoms with E-state index in [1.165, 1.54) is 12.1 Å². The largest absolute Gasteiger partial charge is 0.477 e. The van der Waals surface area contributed by atoms with E-state index in [0.29, 0.717) is 18.4 Å². The number of rotatable bonds is 4. The highest BCUT2D eigenvalue weighted by molar-refractivity contribution is 7.89. The van der Waals surface area contributed by atoms with Crippen LogP contribution in [0.1, 0.15) is 6.42 Å². The molecule has 2 heterocycles. The Morgan fingerprint density at radius 1 is 1.56 bits per heavy atom. The van der Waals surface area contributed by atoms with Crippen LogP contribution in [0.25, 0.3) is 0 Å². The average Bonchev–Trinajstić information content (AvgIpc) is 2.77. The molecule has 0 bridgehead atoms. The number of halogens is 1. The number of aromatic nitrogens is 1. The zero-order valence-corrected chi connectivity index (χ0v) is 11.2. The van der Waals surface area contributed by atoms with Gasteiger partial charge in [-0.3, -0.25) is 0 Å². The van der Waals surface area contributed by atoms with Crippen molar-refractivity contribution in [2.75, 3.05) is 19.7 Å². The van der Waals surface area contributed by atoms with Crippen LogP contribution in [0.15, 0.2) is 17.0 Å². The second-order valence-corrected chi connectivity index (χ2v) is 6.04. The predicted octanol–water partition coefficient (Wildman–Crippen LogP) is 0.371. The van der Waals surface area contributed by atoms with Crippen molar-refractivity contribution in [2.45, 2.75) is 11.3 Å². The number of hydrogen-bond donors (Lipinski definition) is 2. The van der Waals surface area contributed by atoms with Crippen molar-refractivity contribution in [3.8, 4) is 5.88 Å². The van der Waals surface area contributed by atoms with E-state index in [2.05, 4.69) is 10.3 Å². The van der Waals surface area contributed by atoms with Crippen LogP contribution in [-0.4, -0.2) is 33.1 Å². The fourth-order valence-corrected chi connectivity index (χ4v) is 2.76. The summed E-state index contributed by atoms with van der Waals surface area (Å²) in [6.07, 6.45) is 1.06. The van der Waals surface area contributed by atoms with Crippen LogP contribution in [0.5, 0.6) is 5.88 Å². The van der Waals surface area contributed by atoms with Crippen LogP contribution < -0.4 is 15.2 Å². The summed E-state index contributed by atoms with van der Waals surface area (Å²) >= 11 is 5.75. The lowest BCUT2D eigenvalue weighted by Crippen LogP contribution is -2.16. The first-order chi connectivity index (χ1) is 8.47. The molecule has 1 aliphatic rings. The van der Waals surface area contributed by atoms with Gasteiger partial charge in [0.25, 0.3) is 0 Å². The lowest BCUT2D eigenvalue weighted by molar-refractivity contribution is 0.251. The maximum absolute atomic E-state index is 11.1. The molecule has 0 radical (unpaired) electrons. The molecule has 1 fully saturated rings. The van der Waals surface area contributed by atoms with Gasteiger partial charge in [-0.05, 0) is 19.0 Å². The molecule has 1 aliphatic heterocycles. The van der Waals surface area contributed by atoms with Crippen molar-refractivity contribution < 1.29 is 13.2 Å². The minimum atomic E-state index is -3.84. The fourth-order valence-electron chi connectivity index (χ4n) is 1.76. The molecule has 0 aromatic carbocycles. The number of nitrogens with one attached hydrogen (secondary N) is 1. The normalized spacial score (nSPS) is 20.0. The van der Waals surface area contributed by atoms with Gasteiger partial charge in [0.2, 0.25) is 15.9 Å². The van der Waals surface area contributed by atoms with Gasteiger partial charge in [0.15, 0.2) is 5.15 Å². The Morgan fingerprint density at radius 3 is 2.89 bits per heavy atom. The molecule has 1 saturated heterocycles. The van der Waals surface area contributed by atoms with E-state index in [1.54, 1.807) is 0 Å². The van der Waals surface area contributed by atoms with Crippen molar-refractivity contribution in [3.63, 3.8) is 0 Å². The molecule has 1 aromatic heterocycles. The van der Waals surface area contributed by atoms with Gasteiger partial charge in [-0.1, -0.05) is 11.6 Å². The average molecular weight is 292 g/mol. The Morgan fingerprint density at radius 2 is 2.33 bits per heavy atom. The van der Waals surface area contributed by atoms with E-state index >= 15 is 0 Å². The first-order valence-corrected chi connectivity index (χ1v) is 7.42. The zero-order chi connectivity index (χ0) is 13.2. The quantitative estimate of drug-likeness (QED) is 0.782. The summed E-state index contributed by atoms with van der Waals surface area (Å²) < 4.78 is 27.7. The van der Waals surface area contributed by atoms with E-state index in [4.69, 9.17) is 21.5 Å². The van der Waals surface area contributed by atoms with Crippen LogP contribution in [0.4, 0.5) is 0 Å². The minimum absolute atomic E-state index is 0.167. The molecule has 0 amide bonds. The highest BCUT2D eigenvalue weighted by atomic mass is 35.5. The summed E-state index contributed by atoms with van der Waals surface area (Å²) in [4.78, 5) is 3.67. The summed E-state index contributed by atoms with van der Waals surface area (Å²) in [6, 6.07) is 2.75. The van der Waals surface area contributed by atoms with E-state index < -0.39 is 10.0 Å². The van der Waals surface area contributed by atoms with Crippen molar-refractivity contribution in [1.29, 1.82) is 0 Å². The van der Waals surface area contributed by atoms with Crippen molar-refractivity contribution >= 4 is 21.6 Å². The molecule has 3 N–H and O–H groups in total. The Hall–Kier alpha value is -0.890. The van der Waals surface area contributed by atoms with Gasteiger partial charge in [-0.25, -0.2) is 18.5 Å². The number of ether oxygens (including phenoxy) is 1. The number of sulfonamides is 1. The molecule has 18 heavy (non-hydrogen) atoms. The van der Waals surface area contributed by atoms with Gasteiger partial charge >= 0.3 is 0 Å². The van der Waals surface area contributed by atoms with Gasteiger partial charge in [0.1, 0.15) is 4.90 Å². The molecular formula is C10H14ClN3O3S. The van der Waals surface area contributed by atoms with Gasteiger partial charge < -0.3 is 10.1 Å². The molecule has 100 valence electrons. The molecule has 6 nitrogen and oxygen atoms in total. The molecule has 8 heteroatoms. The number of primary sulfonamides is 1. The third-order valence-electron chi connectivity index (χ3n) is 2.72. The van der Waals surface area contributed by atoms with Gasteiger partial charge in [0.05, 0.1) is 6.61 Å². The van der Waals surface area contributed by atoms with Crippen LogP contribution in [-0.2, 0) is 10.0 Å². The van der Waals surface area contributed by atoms with Crippen LogP contribution >= 0.6 is 11.6 Å². The van der Waals surface area contributed by atoms with Gasteiger partial charge in [-0.2, -0.15) is 0 Å². The van der Waals surface area contributed by atoms with Crippen molar-refractivity contribution in [2.24, 2.45) is 11.1 Å². The molecule has 0 saturated carbocycles. The Bertz CT molecular complexity index is 529. The molecule has 2 rings (SSSR count). The first-order valence-electron chi connectivity index (χ1n) is 5.49. The van der Waals surface area contributed by atoms with Crippen LogP contribution in [0.3, 0.4) is 0 Å². The highest BCUT2D eigenvalue weighted by Crippen LogP contribution is 2.21. The zero-order valence-electron chi connectivity index (χ0n) is 9.60. The molecule has 0 aliphatic carbocycles. The molecule has 1 atom stereocenters. The SMILES string of the molecule is NS(=O)(=O)c1ccc(OC[C@@H]2CCNC2)nc1Cl. The maximum Gasteiger partial charge on any atom is 0.241 e. The lowest BCUT2D eigenvalue weighted by Gasteiger charge is -2.10. The maximum atomic E-state index is 11.1. The topological polar surface area (TPSA) is 94.3 Å². The minimum Gasteiger partial charge on any atom is -0.477 e. The van der Waals surface area contributed by atoms with Gasteiger partial charge in [-0.15, -0.1) is 0 Å². The Labute approximate surface area is 111 Å². The number of hydrogen-bond acceptors (Lipinski definition) is 5. The lowest BCUT2D eigenvalue weighted by atomic mass is 10.1. The number of pyridine rings is 1. The molecular weight excluding hydrogens is 278 g/mol. The molecule has 0 unspecified atom stereocenters. The summed E-state index contributed by atoms with van der Waals surface area (Å²) in [6.45, 7) is 2.45. The van der Waals surface area contributed by atoms with Crippen molar-refractivity contribution in [1.82, 2.24) is 10.3 Å². The standard InChI is InChI=1S/C10H14ClN3O3S/c11-10-8(18(12,15)16)1-2-9(14-10)17-6-7-3-4-13-5-7/h1-2,7,13H,3-6H2,(H2,12,15,16)/t7-/m1/s1. The molecule has 1 aromatic rings. The molecule has 0 spiro atoms. The summed E-state index contributed by atoms with van der Waals surface area (Å²) in [5, 5.41) is 8.04. The summed E-state index contributed by atoms with van der Waals surface area (Å²) in [5.41, 5.74) is 0. The van der Waals surface area contributed by atoms with E-state index in [-0.39, 0.29) is 10.0 Å². The van der Waals surface area contributed by atoms with E-state index in [1.807, 2.05) is 0 Å². The monoisotopic (exact) mass is 291 g/mol. The van der Waals surface area contributed by atoms with Gasteiger partial charge in [0, 0.05) is 18.5 Å². The first kappa shape index (κ1) is 13.5. The Kier molecular flexibility index (Phi) is 4.06. The second-order valence-electron chi connectivity index (χ2n) is 4.15. The predicted molar refractivity (Wildman–Crippen MR) is 67.1 cm³/mol. The van der Waals surface area contributed by atoms with E-state index in [9.17, 15) is 8.42 Å². The van der Waals surface area contributed by atoms with E-state index in [0.717, 1.165) is 19.5 Å². The Balaban J connectivity index is 2.04. The number of nitrogens with zero attached hydrogens (tertiary/aromatic N) is 1. The third kappa shape index (κ3) is 3.32.